The number of benzene rings is 1. The molecule has 1 amide bonds. The highest BCUT2D eigenvalue weighted by atomic mass is 35.5. The summed E-state index contributed by atoms with van der Waals surface area (Å²) in [5.41, 5.74) is 0.935. The molecule has 0 bridgehead atoms. The van der Waals surface area contributed by atoms with Gasteiger partial charge >= 0.3 is 0 Å². The predicted molar refractivity (Wildman–Crippen MR) is 106 cm³/mol. The van der Waals surface area contributed by atoms with Crippen LogP contribution in [0.4, 0.5) is 0 Å². The van der Waals surface area contributed by atoms with E-state index in [9.17, 15) is 4.79 Å². The molecule has 4 rings (SSSR count). The van der Waals surface area contributed by atoms with Crippen LogP contribution in [0, 0.1) is 5.92 Å². The topological polar surface area (TPSA) is 58.4 Å². The minimum Gasteiger partial charge on any atom is -0.441 e. The number of rotatable bonds is 7. The number of halogens is 1. The van der Waals surface area contributed by atoms with Crippen LogP contribution in [-0.4, -0.2) is 41.5 Å². The van der Waals surface area contributed by atoms with Gasteiger partial charge in [-0.3, -0.25) is 4.79 Å². The standard InChI is InChI=1S/C21H26ClN3O2/c22-17-5-3-16(4-6-17)19-14-24-20(27-19)7-8-21(26)25-11-9-18(10-12-25)23-13-15-1-2-15/h3-6,14-15,18,23H,1-2,7-13H2. The number of carbonyl (C=O) groups is 1. The third-order valence-electron chi connectivity index (χ3n) is 5.47. The number of hydrogen-bond donors (Lipinski definition) is 1. The van der Waals surface area contributed by atoms with E-state index in [1.54, 1.807) is 6.20 Å². The molecule has 1 N–H and O–H groups in total. The van der Waals surface area contributed by atoms with Gasteiger partial charge in [-0.2, -0.15) is 0 Å². The summed E-state index contributed by atoms with van der Waals surface area (Å²) in [4.78, 5) is 18.8. The summed E-state index contributed by atoms with van der Waals surface area (Å²) in [6.45, 7) is 2.85. The zero-order valence-electron chi connectivity index (χ0n) is 15.5. The molecule has 0 unspecified atom stereocenters. The number of amides is 1. The first-order chi connectivity index (χ1) is 13.2. The van der Waals surface area contributed by atoms with Crippen LogP contribution in [0.5, 0.6) is 0 Å². The number of aromatic nitrogens is 1. The average molecular weight is 388 g/mol. The summed E-state index contributed by atoms with van der Waals surface area (Å²) in [5.74, 6) is 2.41. The Morgan fingerprint density at radius 3 is 2.63 bits per heavy atom. The Bertz CT molecular complexity index is 762. The van der Waals surface area contributed by atoms with Crippen molar-refractivity contribution >= 4 is 17.5 Å². The highest BCUT2D eigenvalue weighted by molar-refractivity contribution is 6.30. The molecular formula is C21H26ClN3O2. The molecule has 2 heterocycles. The Kier molecular flexibility index (Phi) is 5.79. The molecule has 0 atom stereocenters. The predicted octanol–water partition coefficient (Wildman–Crippen LogP) is 3.92. The van der Waals surface area contributed by atoms with E-state index in [0.717, 1.165) is 44.0 Å². The molecule has 1 aromatic carbocycles. The molecule has 1 aliphatic heterocycles. The summed E-state index contributed by atoms with van der Waals surface area (Å²) in [6, 6.07) is 8.03. The molecule has 6 heteroatoms. The minimum absolute atomic E-state index is 0.196. The second kappa shape index (κ2) is 8.44. The number of aryl methyl sites for hydroxylation is 1. The lowest BCUT2D eigenvalue weighted by Crippen LogP contribution is -2.45. The van der Waals surface area contributed by atoms with Gasteiger partial charge in [0.25, 0.3) is 0 Å². The molecule has 1 aliphatic carbocycles. The number of nitrogens with one attached hydrogen (secondary N) is 1. The van der Waals surface area contributed by atoms with Crippen LogP contribution in [0.1, 0.15) is 38.0 Å². The first kappa shape index (κ1) is 18.5. The van der Waals surface area contributed by atoms with Crippen molar-refractivity contribution in [3.63, 3.8) is 0 Å². The van der Waals surface area contributed by atoms with Crippen molar-refractivity contribution < 1.29 is 9.21 Å². The van der Waals surface area contributed by atoms with Crippen molar-refractivity contribution in [2.24, 2.45) is 5.92 Å². The monoisotopic (exact) mass is 387 g/mol. The number of carbonyl (C=O) groups excluding carboxylic acids is 1. The average Bonchev–Trinajstić information content (AvgIpc) is 3.41. The molecule has 0 radical (unpaired) electrons. The maximum atomic E-state index is 12.5. The van der Waals surface area contributed by atoms with E-state index >= 15 is 0 Å². The number of oxazole rings is 1. The summed E-state index contributed by atoms with van der Waals surface area (Å²) in [5, 5.41) is 4.34. The summed E-state index contributed by atoms with van der Waals surface area (Å²) >= 11 is 5.91. The number of piperidine rings is 1. The number of likely N-dealkylation sites (tertiary alicyclic amines) is 1. The fourth-order valence-corrected chi connectivity index (χ4v) is 3.66. The smallest absolute Gasteiger partial charge is 0.223 e. The SMILES string of the molecule is O=C(CCc1ncc(-c2ccc(Cl)cc2)o1)N1CCC(NCC2CC2)CC1. The van der Waals surface area contributed by atoms with Gasteiger partial charge in [-0.1, -0.05) is 11.6 Å². The van der Waals surface area contributed by atoms with Gasteiger partial charge in [0.1, 0.15) is 0 Å². The van der Waals surface area contributed by atoms with Crippen LogP contribution < -0.4 is 5.32 Å². The summed E-state index contributed by atoms with van der Waals surface area (Å²) in [7, 11) is 0. The highest BCUT2D eigenvalue weighted by Gasteiger charge is 2.26. The van der Waals surface area contributed by atoms with Crippen LogP contribution in [0.3, 0.4) is 0 Å². The van der Waals surface area contributed by atoms with E-state index < -0.39 is 0 Å². The maximum absolute atomic E-state index is 12.5. The largest absolute Gasteiger partial charge is 0.441 e. The van der Waals surface area contributed by atoms with Crippen molar-refractivity contribution in [2.45, 2.75) is 44.6 Å². The van der Waals surface area contributed by atoms with Gasteiger partial charge in [0.15, 0.2) is 11.7 Å². The molecule has 0 spiro atoms. The molecule has 1 saturated heterocycles. The lowest BCUT2D eigenvalue weighted by molar-refractivity contribution is -0.132. The molecule has 2 fully saturated rings. The second-order valence-electron chi connectivity index (χ2n) is 7.63. The van der Waals surface area contributed by atoms with Gasteiger partial charge in [0.05, 0.1) is 6.20 Å². The number of nitrogens with zero attached hydrogens (tertiary/aromatic N) is 2. The lowest BCUT2D eigenvalue weighted by Gasteiger charge is -2.32. The molecule has 2 aliphatic rings. The van der Waals surface area contributed by atoms with Crippen LogP contribution in [-0.2, 0) is 11.2 Å². The van der Waals surface area contributed by atoms with Gasteiger partial charge in [-0.05, 0) is 62.4 Å². The maximum Gasteiger partial charge on any atom is 0.223 e. The van der Waals surface area contributed by atoms with E-state index in [1.807, 2.05) is 29.2 Å². The Morgan fingerprint density at radius 2 is 1.93 bits per heavy atom. The van der Waals surface area contributed by atoms with Crippen molar-refractivity contribution in [1.29, 1.82) is 0 Å². The first-order valence-electron chi connectivity index (χ1n) is 9.89. The third kappa shape index (κ3) is 5.11. The van der Waals surface area contributed by atoms with Gasteiger partial charge in [0, 0.05) is 42.6 Å². The second-order valence-corrected chi connectivity index (χ2v) is 8.07. The van der Waals surface area contributed by atoms with Crippen molar-refractivity contribution in [2.75, 3.05) is 19.6 Å². The normalized spacial score (nSPS) is 18.0. The Hall–Kier alpha value is -1.85. The first-order valence-corrected chi connectivity index (χ1v) is 10.3. The molecule has 5 nitrogen and oxygen atoms in total. The Balaban J connectivity index is 1.22. The molecule has 2 aromatic rings. The van der Waals surface area contributed by atoms with Crippen LogP contribution in [0.2, 0.25) is 5.02 Å². The minimum atomic E-state index is 0.196. The van der Waals surface area contributed by atoms with E-state index in [-0.39, 0.29) is 5.91 Å². The van der Waals surface area contributed by atoms with E-state index in [2.05, 4.69) is 10.3 Å². The fourth-order valence-electron chi connectivity index (χ4n) is 3.53. The molecule has 1 saturated carbocycles. The molecule has 27 heavy (non-hydrogen) atoms. The van der Waals surface area contributed by atoms with Gasteiger partial charge < -0.3 is 14.6 Å². The van der Waals surface area contributed by atoms with E-state index in [4.69, 9.17) is 16.0 Å². The molecular weight excluding hydrogens is 362 g/mol. The Morgan fingerprint density at radius 1 is 1.19 bits per heavy atom. The molecule has 144 valence electrons. The highest BCUT2D eigenvalue weighted by Crippen LogP contribution is 2.28. The van der Waals surface area contributed by atoms with Gasteiger partial charge in [-0.25, -0.2) is 4.98 Å². The fraction of sp³-hybridized carbons (Fsp3) is 0.524. The zero-order chi connectivity index (χ0) is 18.6. The van der Waals surface area contributed by atoms with Gasteiger partial charge in [-0.15, -0.1) is 0 Å². The van der Waals surface area contributed by atoms with Crippen molar-refractivity contribution in [1.82, 2.24) is 15.2 Å². The van der Waals surface area contributed by atoms with Crippen LogP contribution >= 0.6 is 11.6 Å². The summed E-state index contributed by atoms with van der Waals surface area (Å²) < 4.78 is 5.79. The lowest BCUT2D eigenvalue weighted by atomic mass is 10.0. The third-order valence-corrected chi connectivity index (χ3v) is 5.73. The van der Waals surface area contributed by atoms with Crippen LogP contribution in [0.15, 0.2) is 34.9 Å². The molecule has 1 aromatic heterocycles. The number of hydrogen-bond acceptors (Lipinski definition) is 4. The van der Waals surface area contributed by atoms with Gasteiger partial charge in [0.2, 0.25) is 5.91 Å². The Labute approximate surface area is 165 Å². The van der Waals surface area contributed by atoms with Crippen molar-refractivity contribution in [3.8, 4) is 11.3 Å². The summed E-state index contributed by atoms with van der Waals surface area (Å²) in [6.07, 6.45) is 7.55. The quantitative estimate of drug-likeness (QED) is 0.782. The van der Waals surface area contributed by atoms with Crippen LogP contribution in [0.25, 0.3) is 11.3 Å². The van der Waals surface area contributed by atoms with E-state index in [1.165, 1.54) is 12.8 Å². The van der Waals surface area contributed by atoms with E-state index in [0.29, 0.717) is 35.6 Å². The van der Waals surface area contributed by atoms with Crippen molar-refractivity contribution in [3.05, 3.63) is 41.4 Å². The zero-order valence-corrected chi connectivity index (χ0v) is 16.3.